The van der Waals surface area contributed by atoms with Crippen molar-refractivity contribution in [3.8, 4) is 0 Å². The maximum absolute atomic E-state index is 2.57. The number of piperazine rings is 1. The zero-order chi connectivity index (χ0) is 13.8. The molecule has 1 aromatic carbocycles. The summed E-state index contributed by atoms with van der Waals surface area (Å²) in [6.07, 6.45) is 0. The van der Waals surface area contributed by atoms with Gasteiger partial charge in [-0.25, -0.2) is 0 Å². The molecule has 0 atom stereocenters. The van der Waals surface area contributed by atoms with Gasteiger partial charge in [0.1, 0.15) is 0 Å². The molecule has 0 spiro atoms. The summed E-state index contributed by atoms with van der Waals surface area (Å²) in [5, 5.41) is 0. The highest BCUT2D eigenvalue weighted by Crippen LogP contribution is 2.16. The molecule has 0 saturated carbocycles. The maximum Gasteiger partial charge on any atom is 0.0234 e. The fraction of sp³-hybridized carbons (Fsp3) is 0.647. The second kappa shape index (κ2) is 6.53. The first-order valence-electron chi connectivity index (χ1n) is 7.61. The lowest BCUT2D eigenvalue weighted by atomic mass is 10.0. The van der Waals surface area contributed by atoms with Gasteiger partial charge in [0, 0.05) is 38.8 Å². The third-order valence-electron chi connectivity index (χ3n) is 4.19. The van der Waals surface area contributed by atoms with Gasteiger partial charge in [-0.2, -0.15) is 0 Å². The molecule has 1 aliphatic heterocycles. The Hall–Kier alpha value is -0.860. The molecule has 0 aliphatic carbocycles. The van der Waals surface area contributed by atoms with Crippen LogP contribution < -0.4 is 0 Å². The maximum atomic E-state index is 2.57. The monoisotopic (exact) mass is 260 g/mol. The van der Waals surface area contributed by atoms with Gasteiger partial charge < -0.3 is 0 Å². The van der Waals surface area contributed by atoms with Crippen LogP contribution in [0.5, 0.6) is 0 Å². The van der Waals surface area contributed by atoms with Crippen LogP contribution in [0.25, 0.3) is 0 Å². The van der Waals surface area contributed by atoms with Crippen molar-refractivity contribution < 1.29 is 0 Å². The zero-order valence-electron chi connectivity index (χ0n) is 12.9. The Bertz CT molecular complexity index is 373. The van der Waals surface area contributed by atoms with Crippen LogP contribution in [-0.4, -0.2) is 42.0 Å². The Morgan fingerprint density at radius 3 is 1.95 bits per heavy atom. The number of rotatable bonds is 4. The van der Waals surface area contributed by atoms with Gasteiger partial charge in [0.25, 0.3) is 0 Å². The van der Waals surface area contributed by atoms with E-state index in [0.29, 0.717) is 12.0 Å². The van der Waals surface area contributed by atoms with Crippen LogP contribution in [0.2, 0.25) is 0 Å². The van der Waals surface area contributed by atoms with Crippen molar-refractivity contribution in [1.29, 1.82) is 0 Å². The molecule has 0 amide bonds. The minimum absolute atomic E-state index is 0.628. The Morgan fingerprint density at radius 2 is 1.47 bits per heavy atom. The van der Waals surface area contributed by atoms with Crippen LogP contribution in [0.1, 0.15) is 44.7 Å². The average Bonchev–Trinajstić information content (AvgIpc) is 2.40. The van der Waals surface area contributed by atoms with E-state index in [4.69, 9.17) is 0 Å². The quantitative estimate of drug-likeness (QED) is 0.819. The van der Waals surface area contributed by atoms with Gasteiger partial charge in [0.15, 0.2) is 0 Å². The van der Waals surface area contributed by atoms with Gasteiger partial charge in [-0.05, 0) is 30.9 Å². The van der Waals surface area contributed by atoms with E-state index < -0.39 is 0 Å². The molecule has 0 unspecified atom stereocenters. The lowest BCUT2D eigenvalue weighted by molar-refractivity contribution is 0.104. The van der Waals surface area contributed by atoms with E-state index >= 15 is 0 Å². The predicted octanol–water partition coefficient (Wildman–Crippen LogP) is 3.34. The molecular weight excluding hydrogens is 232 g/mol. The first-order valence-corrected chi connectivity index (χ1v) is 7.61. The molecule has 1 saturated heterocycles. The van der Waals surface area contributed by atoms with E-state index in [-0.39, 0.29) is 0 Å². The minimum atomic E-state index is 0.628. The van der Waals surface area contributed by atoms with E-state index in [1.54, 1.807) is 0 Å². The Morgan fingerprint density at radius 1 is 0.895 bits per heavy atom. The van der Waals surface area contributed by atoms with Crippen molar-refractivity contribution in [1.82, 2.24) is 9.80 Å². The van der Waals surface area contributed by atoms with Gasteiger partial charge in [0.05, 0.1) is 0 Å². The number of nitrogens with zero attached hydrogens (tertiary/aromatic N) is 2. The van der Waals surface area contributed by atoms with Crippen LogP contribution >= 0.6 is 0 Å². The molecule has 19 heavy (non-hydrogen) atoms. The van der Waals surface area contributed by atoms with Crippen LogP contribution in [0.15, 0.2) is 24.3 Å². The molecule has 1 fully saturated rings. The average molecular weight is 260 g/mol. The number of benzene rings is 1. The molecule has 2 heteroatoms. The molecule has 0 N–H and O–H groups in total. The first-order chi connectivity index (χ1) is 9.06. The van der Waals surface area contributed by atoms with Gasteiger partial charge in [-0.1, -0.05) is 38.1 Å². The van der Waals surface area contributed by atoms with Gasteiger partial charge in [-0.15, -0.1) is 0 Å². The molecule has 1 aliphatic rings. The summed E-state index contributed by atoms with van der Waals surface area (Å²) in [5.41, 5.74) is 2.88. The van der Waals surface area contributed by atoms with Gasteiger partial charge in [0.2, 0.25) is 0 Å². The zero-order valence-corrected chi connectivity index (χ0v) is 12.9. The standard InChI is InChI=1S/C17H28N2/c1-14(2)17-7-5-16(6-8-17)13-18-9-11-19(12-10-18)15(3)4/h5-8,14-15H,9-13H2,1-4H3. The van der Waals surface area contributed by atoms with E-state index in [9.17, 15) is 0 Å². The number of hydrogen-bond donors (Lipinski definition) is 0. The molecule has 0 aromatic heterocycles. The molecule has 106 valence electrons. The normalized spacial score (nSPS) is 18.4. The van der Waals surface area contributed by atoms with Gasteiger partial charge in [-0.3, -0.25) is 9.80 Å². The first kappa shape index (κ1) is 14.5. The third-order valence-corrected chi connectivity index (χ3v) is 4.19. The van der Waals surface area contributed by atoms with E-state index in [1.807, 2.05) is 0 Å². The van der Waals surface area contributed by atoms with E-state index in [1.165, 1.54) is 37.3 Å². The third kappa shape index (κ3) is 4.05. The Kier molecular flexibility index (Phi) is 5.00. The van der Waals surface area contributed by atoms with E-state index in [2.05, 4.69) is 61.8 Å². The molecule has 0 radical (unpaired) electrons. The van der Waals surface area contributed by atoms with Crippen molar-refractivity contribution in [2.75, 3.05) is 26.2 Å². The topological polar surface area (TPSA) is 6.48 Å². The lowest BCUT2D eigenvalue weighted by Crippen LogP contribution is -2.48. The molecule has 2 nitrogen and oxygen atoms in total. The summed E-state index contributed by atoms with van der Waals surface area (Å²) in [5.74, 6) is 0.628. The highest BCUT2D eigenvalue weighted by Gasteiger charge is 2.18. The second-order valence-electron chi connectivity index (χ2n) is 6.30. The number of hydrogen-bond acceptors (Lipinski definition) is 2. The molecule has 0 bridgehead atoms. The Labute approximate surface area is 118 Å². The summed E-state index contributed by atoms with van der Waals surface area (Å²) in [6, 6.07) is 9.84. The fourth-order valence-corrected chi connectivity index (χ4v) is 2.70. The van der Waals surface area contributed by atoms with Crippen molar-refractivity contribution >= 4 is 0 Å². The Balaban J connectivity index is 1.85. The van der Waals surface area contributed by atoms with Crippen LogP contribution in [0, 0.1) is 0 Å². The molecule has 1 aromatic rings. The van der Waals surface area contributed by atoms with Crippen LogP contribution in [0.4, 0.5) is 0 Å². The van der Waals surface area contributed by atoms with Crippen molar-refractivity contribution in [2.45, 2.75) is 46.2 Å². The molecular formula is C17H28N2. The highest BCUT2D eigenvalue weighted by molar-refractivity contribution is 5.24. The van der Waals surface area contributed by atoms with Gasteiger partial charge >= 0.3 is 0 Å². The van der Waals surface area contributed by atoms with Crippen LogP contribution in [-0.2, 0) is 6.54 Å². The molecule has 1 heterocycles. The van der Waals surface area contributed by atoms with Crippen molar-refractivity contribution in [3.63, 3.8) is 0 Å². The summed E-state index contributed by atoms with van der Waals surface area (Å²) >= 11 is 0. The second-order valence-corrected chi connectivity index (χ2v) is 6.30. The van der Waals surface area contributed by atoms with Crippen LogP contribution in [0.3, 0.4) is 0 Å². The largest absolute Gasteiger partial charge is 0.298 e. The predicted molar refractivity (Wildman–Crippen MR) is 82.5 cm³/mol. The summed E-state index contributed by atoms with van der Waals surface area (Å²) in [7, 11) is 0. The highest BCUT2D eigenvalue weighted by atomic mass is 15.3. The van der Waals surface area contributed by atoms with Crippen molar-refractivity contribution in [3.05, 3.63) is 35.4 Å². The summed E-state index contributed by atoms with van der Waals surface area (Å²) < 4.78 is 0. The lowest BCUT2D eigenvalue weighted by Gasteiger charge is -2.37. The summed E-state index contributed by atoms with van der Waals surface area (Å²) in [4.78, 5) is 5.14. The minimum Gasteiger partial charge on any atom is -0.298 e. The smallest absolute Gasteiger partial charge is 0.0234 e. The fourth-order valence-electron chi connectivity index (χ4n) is 2.70. The van der Waals surface area contributed by atoms with E-state index in [0.717, 1.165) is 6.54 Å². The summed E-state index contributed by atoms with van der Waals surface area (Å²) in [6.45, 7) is 15.0. The SMILES string of the molecule is CC(C)c1ccc(CN2CCN(C(C)C)CC2)cc1. The van der Waals surface area contributed by atoms with Crippen molar-refractivity contribution in [2.24, 2.45) is 0 Å². The molecule has 2 rings (SSSR count).